The minimum absolute atomic E-state index is 0.211. The molecule has 0 fully saturated rings. The van der Waals surface area contributed by atoms with Crippen LogP contribution in [0.5, 0.6) is 5.75 Å². The highest BCUT2D eigenvalue weighted by Crippen LogP contribution is 2.27. The van der Waals surface area contributed by atoms with Crippen molar-refractivity contribution in [2.45, 2.75) is 26.4 Å². The van der Waals surface area contributed by atoms with Gasteiger partial charge in [0.25, 0.3) is 0 Å². The summed E-state index contributed by atoms with van der Waals surface area (Å²) in [6.07, 6.45) is 0. The monoisotopic (exact) mass is 279 g/mol. The van der Waals surface area contributed by atoms with Crippen LogP contribution in [0.2, 0.25) is 0 Å². The van der Waals surface area contributed by atoms with Gasteiger partial charge in [0.1, 0.15) is 0 Å². The molecular weight excluding hydrogens is 261 g/mol. The van der Waals surface area contributed by atoms with E-state index in [9.17, 15) is 9.50 Å². The van der Waals surface area contributed by atoms with Crippen molar-refractivity contribution in [1.82, 2.24) is 5.32 Å². The molecule has 102 valence electrons. The van der Waals surface area contributed by atoms with Gasteiger partial charge >= 0.3 is 0 Å². The molecule has 0 saturated carbocycles. The second-order valence-electron chi connectivity index (χ2n) is 4.87. The van der Waals surface area contributed by atoms with Gasteiger partial charge < -0.3 is 10.4 Å². The molecule has 0 bridgehead atoms. The van der Waals surface area contributed by atoms with Crippen molar-refractivity contribution >= 4 is 11.3 Å². The van der Waals surface area contributed by atoms with Gasteiger partial charge in [0.05, 0.1) is 0 Å². The average molecular weight is 279 g/mol. The van der Waals surface area contributed by atoms with E-state index in [0.29, 0.717) is 18.0 Å². The minimum atomic E-state index is -0.573. The molecule has 2 aromatic rings. The van der Waals surface area contributed by atoms with E-state index in [1.807, 2.05) is 11.4 Å². The van der Waals surface area contributed by atoms with Crippen molar-refractivity contribution in [1.29, 1.82) is 0 Å². The number of para-hydroxylation sites is 1. The summed E-state index contributed by atoms with van der Waals surface area (Å²) in [5, 5.41) is 15.1. The van der Waals surface area contributed by atoms with E-state index < -0.39 is 5.82 Å². The molecule has 0 aliphatic rings. The molecule has 1 aromatic heterocycles. The predicted molar refractivity (Wildman–Crippen MR) is 76.8 cm³/mol. The van der Waals surface area contributed by atoms with Gasteiger partial charge in [-0.15, -0.1) is 11.3 Å². The van der Waals surface area contributed by atoms with E-state index in [2.05, 4.69) is 25.2 Å². The van der Waals surface area contributed by atoms with Crippen LogP contribution in [0.25, 0.3) is 0 Å². The maximum absolute atomic E-state index is 13.3. The van der Waals surface area contributed by atoms with E-state index in [0.717, 1.165) is 0 Å². The lowest BCUT2D eigenvalue weighted by Crippen LogP contribution is -2.24. The number of phenolic OH excluding ortho intramolecular Hbond substituents is 1. The number of benzene rings is 1. The summed E-state index contributed by atoms with van der Waals surface area (Å²) >= 11 is 1.70. The van der Waals surface area contributed by atoms with Gasteiger partial charge in [-0.2, -0.15) is 0 Å². The van der Waals surface area contributed by atoms with Crippen molar-refractivity contribution in [2.75, 3.05) is 0 Å². The first-order chi connectivity index (χ1) is 9.09. The second-order valence-corrected chi connectivity index (χ2v) is 5.84. The Hall–Kier alpha value is -1.39. The number of thiophene rings is 1. The third-order valence-electron chi connectivity index (χ3n) is 3.10. The quantitative estimate of drug-likeness (QED) is 0.864. The molecule has 1 heterocycles. The summed E-state index contributed by atoms with van der Waals surface area (Å²) < 4.78 is 13.3. The number of nitrogens with one attached hydrogen (secondary N) is 1. The lowest BCUT2D eigenvalue weighted by atomic mass is 10.0. The van der Waals surface area contributed by atoms with Gasteiger partial charge in [-0.05, 0) is 23.4 Å². The summed E-state index contributed by atoms with van der Waals surface area (Å²) in [4.78, 5) is 1.26. The lowest BCUT2D eigenvalue weighted by Gasteiger charge is -2.21. The third-order valence-corrected chi connectivity index (χ3v) is 4.05. The molecular formula is C15H18FNOS. The van der Waals surface area contributed by atoms with Crippen molar-refractivity contribution in [3.63, 3.8) is 0 Å². The summed E-state index contributed by atoms with van der Waals surface area (Å²) in [6, 6.07) is 8.93. The molecule has 0 amide bonds. The highest BCUT2D eigenvalue weighted by Gasteiger charge is 2.17. The topological polar surface area (TPSA) is 32.3 Å². The zero-order valence-corrected chi connectivity index (χ0v) is 11.9. The van der Waals surface area contributed by atoms with E-state index >= 15 is 0 Å². The molecule has 0 spiro atoms. The first-order valence-electron chi connectivity index (χ1n) is 6.32. The van der Waals surface area contributed by atoms with Crippen molar-refractivity contribution in [3.05, 3.63) is 52.0 Å². The van der Waals surface area contributed by atoms with Crippen LogP contribution in [0.3, 0.4) is 0 Å². The summed E-state index contributed by atoms with van der Waals surface area (Å²) in [5.74, 6) is -0.408. The fourth-order valence-corrected chi connectivity index (χ4v) is 3.03. The zero-order valence-electron chi connectivity index (χ0n) is 11.1. The Morgan fingerprint density at radius 1 is 1.26 bits per heavy atom. The lowest BCUT2D eigenvalue weighted by molar-refractivity contribution is 0.397. The molecule has 0 aliphatic carbocycles. The molecule has 2 rings (SSSR count). The van der Waals surface area contributed by atoms with Gasteiger partial charge in [-0.1, -0.05) is 32.0 Å². The third kappa shape index (κ3) is 3.33. The fraction of sp³-hybridized carbons (Fsp3) is 0.333. The molecule has 0 saturated heterocycles. The summed E-state index contributed by atoms with van der Waals surface area (Å²) in [7, 11) is 0. The average Bonchev–Trinajstić information content (AvgIpc) is 2.88. The Kier molecular flexibility index (Phi) is 4.56. The highest BCUT2D eigenvalue weighted by atomic mass is 32.1. The summed E-state index contributed by atoms with van der Waals surface area (Å²) in [5.41, 5.74) is 0.585. The first-order valence-corrected chi connectivity index (χ1v) is 7.20. The normalized spacial score (nSPS) is 12.8. The minimum Gasteiger partial charge on any atom is -0.505 e. The van der Waals surface area contributed by atoms with Crippen molar-refractivity contribution < 1.29 is 9.50 Å². The van der Waals surface area contributed by atoms with E-state index in [-0.39, 0.29) is 11.8 Å². The van der Waals surface area contributed by atoms with Crippen LogP contribution in [0, 0.1) is 11.7 Å². The number of hydrogen-bond acceptors (Lipinski definition) is 3. The van der Waals surface area contributed by atoms with Crippen molar-refractivity contribution in [3.8, 4) is 5.75 Å². The van der Waals surface area contributed by atoms with Gasteiger partial charge in [-0.3, -0.25) is 0 Å². The predicted octanol–water partition coefficient (Wildman–Crippen LogP) is 4.08. The van der Waals surface area contributed by atoms with Crippen molar-refractivity contribution in [2.24, 2.45) is 5.92 Å². The molecule has 1 unspecified atom stereocenters. The number of aromatic hydroxyl groups is 1. The maximum atomic E-state index is 13.3. The molecule has 0 radical (unpaired) electrons. The van der Waals surface area contributed by atoms with Gasteiger partial charge in [0.15, 0.2) is 11.6 Å². The van der Waals surface area contributed by atoms with E-state index in [1.54, 1.807) is 23.5 Å². The second kappa shape index (κ2) is 6.17. The molecule has 1 aromatic carbocycles. The van der Waals surface area contributed by atoms with Crippen LogP contribution in [0.15, 0.2) is 35.7 Å². The Balaban J connectivity index is 2.09. The molecule has 19 heavy (non-hydrogen) atoms. The van der Waals surface area contributed by atoms with E-state index in [4.69, 9.17) is 0 Å². The van der Waals surface area contributed by atoms with Crippen LogP contribution in [0.1, 0.15) is 30.3 Å². The smallest absolute Gasteiger partial charge is 0.165 e. The van der Waals surface area contributed by atoms with Crippen LogP contribution >= 0.6 is 11.3 Å². The Bertz CT molecular complexity index is 525. The first kappa shape index (κ1) is 14.0. The van der Waals surface area contributed by atoms with Gasteiger partial charge in [0.2, 0.25) is 0 Å². The zero-order chi connectivity index (χ0) is 13.8. The Morgan fingerprint density at radius 3 is 2.68 bits per heavy atom. The number of rotatable bonds is 5. The molecule has 1 atom stereocenters. The molecule has 2 nitrogen and oxygen atoms in total. The fourth-order valence-electron chi connectivity index (χ4n) is 2.06. The Morgan fingerprint density at radius 2 is 2.05 bits per heavy atom. The van der Waals surface area contributed by atoms with Crippen LogP contribution in [-0.4, -0.2) is 5.11 Å². The number of halogens is 1. The number of phenols is 1. The van der Waals surface area contributed by atoms with E-state index in [1.165, 1.54) is 10.9 Å². The Labute approximate surface area is 116 Å². The largest absolute Gasteiger partial charge is 0.505 e. The number of hydrogen-bond donors (Lipinski definition) is 2. The highest BCUT2D eigenvalue weighted by molar-refractivity contribution is 7.10. The molecule has 2 N–H and O–H groups in total. The van der Waals surface area contributed by atoms with Gasteiger partial charge in [-0.25, -0.2) is 4.39 Å². The standard InChI is InChI=1S/C15H18FNOS/c1-10(2)14(13-7-4-8-19-13)17-9-11-5-3-6-12(16)15(11)18/h3-8,10,14,17-18H,9H2,1-2H3. The van der Waals surface area contributed by atoms with Crippen LogP contribution in [0.4, 0.5) is 4.39 Å². The maximum Gasteiger partial charge on any atom is 0.165 e. The summed E-state index contributed by atoms with van der Waals surface area (Å²) in [6.45, 7) is 4.73. The SMILES string of the molecule is CC(C)C(NCc1cccc(F)c1O)c1cccs1. The van der Waals surface area contributed by atoms with Crippen LogP contribution in [-0.2, 0) is 6.54 Å². The van der Waals surface area contributed by atoms with Crippen LogP contribution < -0.4 is 5.32 Å². The molecule has 0 aliphatic heterocycles. The van der Waals surface area contributed by atoms with Gasteiger partial charge in [0, 0.05) is 23.0 Å². The molecule has 4 heteroatoms.